The normalized spacial score (nSPS) is 19.7. The molecule has 2 aromatic heterocycles. The molecule has 2 unspecified atom stereocenters. The Morgan fingerprint density at radius 1 is 1.30 bits per heavy atom. The van der Waals surface area contributed by atoms with Crippen LogP contribution in [0.3, 0.4) is 0 Å². The maximum atomic E-state index is 13.3. The Hall–Kier alpha value is -3.39. The standard InChI is InChI=1S/C25H27N3O5/c1-4-32-25(30)20-21(26-14(2)23(31-3)22(20)29)17-11-15-7-5-6-8-18(15)27-24(17)28-12-16-9-10-33-19(16)13-28/h5-8,11,16,19H,4,9-10,12-13H2,1-3H3,(H,26,29). The van der Waals surface area contributed by atoms with Gasteiger partial charge in [-0.05, 0) is 32.4 Å². The minimum absolute atomic E-state index is 0.0757. The fourth-order valence-electron chi connectivity index (χ4n) is 4.93. The molecule has 8 heteroatoms. The number of ether oxygens (including phenoxy) is 3. The van der Waals surface area contributed by atoms with Gasteiger partial charge in [0.25, 0.3) is 0 Å². The molecule has 2 saturated heterocycles. The molecule has 1 N–H and O–H groups in total. The first kappa shape index (κ1) is 21.5. The molecule has 3 aromatic rings. The van der Waals surface area contributed by atoms with E-state index in [1.807, 2.05) is 30.3 Å². The Bertz CT molecular complexity index is 1270. The van der Waals surface area contributed by atoms with Crippen molar-refractivity contribution in [3.05, 3.63) is 51.8 Å². The summed E-state index contributed by atoms with van der Waals surface area (Å²) in [6, 6.07) is 9.80. The number of aromatic nitrogens is 2. The number of nitrogens with one attached hydrogen (secondary N) is 1. The summed E-state index contributed by atoms with van der Waals surface area (Å²) in [7, 11) is 1.41. The van der Waals surface area contributed by atoms with Gasteiger partial charge in [0.2, 0.25) is 5.43 Å². The number of hydrogen-bond donors (Lipinski definition) is 1. The van der Waals surface area contributed by atoms with Gasteiger partial charge in [0.05, 0.1) is 36.7 Å². The van der Waals surface area contributed by atoms with E-state index in [9.17, 15) is 9.59 Å². The Morgan fingerprint density at radius 2 is 2.12 bits per heavy atom. The highest BCUT2D eigenvalue weighted by molar-refractivity contribution is 6.00. The molecular weight excluding hydrogens is 422 g/mol. The summed E-state index contributed by atoms with van der Waals surface area (Å²) in [6.07, 6.45) is 1.20. The maximum absolute atomic E-state index is 13.3. The second kappa shape index (κ2) is 8.51. The number of pyridine rings is 2. The number of carbonyl (C=O) groups is 1. The fourth-order valence-corrected chi connectivity index (χ4v) is 4.93. The summed E-state index contributed by atoms with van der Waals surface area (Å²) in [6.45, 7) is 5.95. The van der Waals surface area contributed by atoms with Crippen LogP contribution in [0.25, 0.3) is 22.2 Å². The second-order valence-electron chi connectivity index (χ2n) is 8.50. The van der Waals surface area contributed by atoms with Crippen molar-refractivity contribution >= 4 is 22.7 Å². The van der Waals surface area contributed by atoms with E-state index in [0.717, 1.165) is 42.8 Å². The molecular formula is C25H27N3O5. The van der Waals surface area contributed by atoms with Crippen LogP contribution >= 0.6 is 0 Å². The quantitative estimate of drug-likeness (QED) is 0.597. The molecule has 2 aliphatic rings. The van der Waals surface area contributed by atoms with Crippen LogP contribution in [-0.4, -0.2) is 55.5 Å². The number of esters is 1. The van der Waals surface area contributed by atoms with Gasteiger partial charge in [-0.25, -0.2) is 9.78 Å². The molecule has 2 fully saturated rings. The lowest BCUT2D eigenvalue weighted by molar-refractivity contribution is 0.0525. The van der Waals surface area contributed by atoms with E-state index < -0.39 is 11.4 Å². The number of anilines is 1. The smallest absolute Gasteiger partial charge is 0.344 e. The molecule has 2 atom stereocenters. The van der Waals surface area contributed by atoms with Crippen molar-refractivity contribution in [1.82, 2.24) is 9.97 Å². The zero-order valence-electron chi connectivity index (χ0n) is 19.0. The van der Waals surface area contributed by atoms with Crippen LogP contribution in [0.5, 0.6) is 5.75 Å². The summed E-state index contributed by atoms with van der Waals surface area (Å²) < 4.78 is 16.5. The first-order valence-electron chi connectivity index (χ1n) is 11.3. The highest BCUT2D eigenvalue weighted by Gasteiger charge is 2.39. The molecule has 0 bridgehead atoms. The van der Waals surface area contributed by atoms with E-state index in [2.05, 4.69) is 9.88 Å². The van der Waals surface area contributed by atoms with Crippen LogP contribution < -0.4 is 15.1 Å². The number of hydrogen-bond acceptors (Lipinski definition) is 7. The van der Waals surface area contributed by atoms with Crippen molar-refractivity contribution < 1.29 is 19.0 Å². The highest BCUT2D eigenvalue weighted by atomic mass is 16.5. The molecule has 1 aromatic carbocycles. The van der Waals surface area contributed by atoms with Crippen molar-refractivity contribution in [1.29, 1.82) is 0 Å². The number of carbonyl (C=O) groups excluding carboxylic acids is 1. The summed E-state index contributed by atoms with van der Waals surface area (Å²) >= 11 is 0. The predicted molar refractivity (Wildman–Crippen MR) is 125 cm³/mol. The lowest BCUT2D eigenvalue weighted by Gasteiger charge is -2.23. The number of para-hydroxylation sites is 1. The summed E-state index contributed by atoms with van der Waals surface area (Å²) in [4.78, 5) is 36.6. The molecule has 2 aliphatic heterocycles. The van der Waals surface area contributed by atoms with Gasteiger partial charge < -0.3 is 24.1 Å². The Balaban J connectivity index is 1.76. The number of aryl methyl sites for hydroxylation is 1. The van der Waals surface area contributed by atoms with E-state index in [4.69, 9.17) is 19.2 Å². The molecule has 5 rings (SSSR count). The van der Waals surface area contributed by atoms with Crippen LogP contribution in [0.1, 0.15) is 29.4 Å². The average molecular weight is 450 g/mol. The lowest BCUT2D eigenvalue weighted by atomic mass is 10.0. The number of H-pyrrole nitrogens is 1. The van der Waals surface area contributed by atoms with Gasteiger partial charge in [-0.15, -0.1) is 0 Å². The molecule has 8 nitrogen and oxygen atoms in total. The highest BCUT2D eigenvalue weighted by Crippen LogP contribution is 2.38. The van der Waals surface area contributed by atoms with E-state index in [1.165, 1.54) is 7.11 Å². The van der Waals surface area contributed by atoms with Gasteiger partial charge >= 0.3 is 5.97 Å². The zero-order valence-corrected chi connectivity index (χ0v) is 19.0. The topological polar surface area (TPSA) is 93.8 Å². The van der Waals surface area contributed by atoms with Crippen LogP contribution in [0.4, 0.5) is 5.82 Å². The van der Waals surface area contributed by atoms with Gasteiger partial charge in [-0.3, -0.25) is 4.79 Å². The number of methoxy groups -OCH3 is 1. The number of aromatic amines is 1. The van der Waals surface area contributed by atoms with Crippen molar-refractivity contribution in [3.63, 3.8) is 0 Å². The van der Waals surface area contributed by atoms with E-state index in [1.54, 1.807) is 13.8 Å². The van der Waals surface area contributed by atoms with Gasteiger partial charge in [-0.2, -0.15) is 0 Å². The van der Waals surface area contributed by atoms with Gasteiger partial charge in [0.1, 0.15) is 11.4 Å². The summed E-state index contributed by atoms with van der Waals surface area (Å²) in [5.74, 6) is 0.582. The van der Waals surface area contributed by atoms with Gasteiger partial charge in [0, 0.05) is 36.6 Å². The number of fused-ring (bicyclic) bond motifs is 2. The Labute approximate surface area is 191 Å². The first-order chi connectivity index (χ1) is 16.0. The SMILES string of the molecule is CCOC(=O)c1c(-c2cc3ccccc3nc2N2CC3CCOC3C2)[nH]c(C)c(OC)c1=O. The van der Waals surface area contributed by atoms with Gasteiger partial charge in [0.15, 0.2) is 5.75 Å². The summed E-state index contributed by atoms with van der Waals surface area (Å²) in [5, 5.41) is 0.913. The average Bonchev–Trinajstić information content (AvgIpc) is 3.40. The third-order valence-electron chi connectivity index (χ3n) is 6.49. The van der Waals surface area contributed by atoms with E-state index in [0.29, 0.717) is 22.9 Å². The number of rotatable bonds is 5. The molecule has 172 valence electrons. The Kier molecular flexibility index (Phi) is 5.54. The molecule has 4 heterocycles. The van der Waals surface area contributed by atoms with Crippen LogP contribution in [-0.2, 0) is 9.47 Å². The minimum atomic E-state index is -0.687. The monoisotopic (exact) mass is 449 g/mol. The van der Waals surface area contributed by atoms with Crippen LogP contribution in [0.15, 0.2) is 35.1 Å². The van der Waals surface area contributed by atoms with Crippen molar-refractivity contribution in [2.24, 2.45) is 5.92 Å². The van der Waals surface area contributed by atoms with Crippen molar-refractivity contribution in [3.8, 4) is 17.0 Å². The van der Waals surface area contributed by atoms with E-state index >= 15 is 0 Å². The second-order valence-corrected chi connectivity index (χ2v) is 8.50. The summed E-state index contributed by atoms with van der Waals surface area (Å²) in [5.41, 5.74) is 1.88. The Morgan fingerprint density at radius 3 is 2.88 bits per heavy atom. The van der Waals surface area contributed by atoms with Crippen molar-refractivity contribution in [2.75, 3.05) is 38.3 Å². The predicted octanol–water partition coefficient (Wildman–Crippen LogP) is 3.31. The van der Waals surface area contributed by atoms with Crippen LogP contribution in [0, 0.1) is 12.8 Å². The van der Waals surface area contributed by atoms with E-state index in [-0.39, 0.29) is 24.0 Å². The maximum Gasteiger partial charge on any atom is 0.344 e. The van der Waals surface area contributed by atoms with Crippen molar-refractivity contribution in [2.45, 2.75) is 26.4 Å². The van der Waals surface area contributed by atoms with Gasteiger partial charge in [-0.1, -0.05) is 18.2 Å². The molecule has 33 heavy (non-hydrogen) atoms. The number of benzene rings is 1. The molecule has 0 saturated carbocycles. The molecule has 0 radical (unpaired) electrons. The molecule has 0 amide bonds. The third kappa shape index (κ3) is 3.64. The van der Waals surface area contributed by atoms with Crippen LogP contribution in [0.2, 0.25) is 0 Å². The number of nitrogens with zero attached hydrogens (tertiary/aromatic N) is 2. The minimum Gasteiger partial charge on any atom is -0.491 e. The third-order valence-corrected chi connectivity index (χ3v) is 6.49. The first-order valence-corrected chi connectivity index (χ1v) is 11.3. The lowest BCUT2D eigenvalue weighted by Crippen LogP contribution is -2.26. The molecule has 0 aliphatic carbocycles. The largest absolute Gasteiger partial charge is 0.491 e. The fraction of sp³-hybridized carbons (Fsp3) is 0.400. The molecule has 0 spiro atoms. The zero-order chi connectivity index (χ0) is 23.1.